The maximum atomic E-state index is 11.9. The molecule has 0 aromatic heterocycles. The second-order valence-corrected chi connectivity index (χ2v) is 6.07. The Morgan fingerprint density at radius 2 is 1.84 bits per heavy atom. The average Bonchev–Trinajstić information content (AvgIpc) is 2.60. The lowest BCUT2D eigenvalue weighted by Gasteiger charge is -2.21. The predicted octanol–water partition coefficient (Wildman–Crippen LogP) is 2.40. The van der Waals surface area contributed by atoms with Crippen LogP contribution < -0.4 is 14.8 Å². The smallest absolute Gasteiger partial charge is 0.221 e. The number of carbonyl (C=O) groups is 2. The van der Waals surface area contributed by atoms with Crippen LogP contribution in [0, 0.1) is 0 Å². The van der Waals surface area contributed by atoms with Gasteiger partial charge in [0.1, 0.15) is 0 Å². The van der Waals surface area contributed by atoms with Gasteiger partial charge in [0.25, 0.3) is 0 Å². The van der Waals surface area contributed by atoms with Crippen molar-refractivity contribution in [3.8, 4) is 11.5 Å². The monoisotopic (exact) mass is 350 g/mol. The van der Waals surface area contributed by atoms with Crippen LogP contribution >= 0.6 is 0 Å². The molecule has 25 heavy (non-hydrogen) atoms. The van der Waals surface area contributed by atoms with Crippen molar-refractivity contribution in [2.24, 2.45) is 0 Å². The minimum atomic E-state index is -0.0307. The summed E-state index contributed by atoms with van der Waals surface area (Å²) in [7, 11) is 3.19. The van der Waals surface area contributed by atoms with E-state index in [4.69, 9.17) is 9.47 Å². The van der Waals surface area contributed by atoms with E-state index in [-0.39, 0.29) is 17.9 Å². The molecule has 0 saturated carbocycles. The van der Waals surface area contributed by atoms with Gasteiger partial charge in [0.2, 0.25) is 11.8 Å². The van der Waals surface area contributed by atoms with E-state index in [1.807, 2.05) is 32.0 Å². The SMILES string of the molecule is CCC(C)NC(=O)CCN(CCc1ccc(OC)c(OC)c1)C(C)=O. The Morgan fingerprint density at radius 3 is 2.40 bits per heavy atom. The molecule has 1 atom stereocenters. The summed E-state index contributed by atoms with van der Waals surface area (Å²) < 4.78 is 10.5. The van der Waals surface area contributed by atoms with Crippen LogP contribution in [0.4, 0.5) is 0 Å². The molecule has 0 bridgehead atoms. The van der Waals surface area contributed by atoms with Gasteiger partial charge in [-0.1, -0.05) is 13.0 Å². The molecule has 0 aliphatic rings. The van der Waals surface area contributed by atoms with Crippen molar-refractivity contribution in [2.45, 2.75) is 46.1 Å². The van der Waals surface area contributed by atoms with Gasteiger partial charge in [-0.25, -0.2) is 0 Å². The molecule has 140 valence electrons. The molecule has 0 spiro atoms. The average molecular weight is 350 g/mol. The number of hydrogen-bond acceptors (Lipinski definition) is 4. The fourth-order valence-electron chi connectivity index (χ4n) is 2.41. The maximum Gasteiger partial charge on any atom is 0.221 e. The summed E-state index contributed by atoms with van der Waals surface area (Å²) in [4.78, 5) is 25.4. The van der Waals surface area contributed by atoms with E-state index in [9.17, 15) is 9.59 Å². The highest BCUT2D eigenvalue weighted by atomic mass is 16.5. The molecule has 0 aliphatic heterocycles. The first-order valence-electron chi connectivity index (χ1n) is 8.67. The van der Waals surface area contributed by atoms with Gasteiger partial charge in [-0.2, -0.15) is 0 Å². The number of methoxy groups -OCH3 is 2. The quantitative estimate of drug-likeness (QED) is 0.704. The van der Waals surface area contributed by atoms with Crippen molar-refractivity contribution < 1.29 is 19.1 Å². The summed E-state index contributed by atoms with van der Waals surface area (Å²) in [5.41, 5.74) is 1.05. The zero-order valence-corrected chi connectivity index (χ0v) is 15.9. The van der Waals surface area contributed by atoms with Crippen LogP contribution in [-0.4, -0.2) is 50.1 Å². The van der Waals surface area contributed by atoms with E-state index in [0.29, 0.717) is 37.4 Å². The van der Waals surface area contributed by atoms with Crippen LogP contribution in [0.1, 0.15) is 39.2 Å². The highest BCUT2D eigenvalue weighted by Crippen LogP contribution is 2.27. The number of amides is 2. The third-order valence-corrected chi connectivity index (χ3v) is 4.19. The Hall–Kier alpha value is -2.24. The molecule has 1 N–H and O–H groups in total. The molecule has 6 heteroatoms. The number of nitrogens with zero attached hydrogens (tertiary/aromatic N) is 1. The maximum absolute atomic E-state index is 11.9. The number of carbonyl (C=O) groups excluding carboxylic acids is 2. The lowest BCUT2D eigenvalue weighted by atomic mass is 10.1. The van der Waals surface area contributed by atoms with Crippen molar-refractivity contribution >= 4 is 11.8 Å². The van der Waals surface area contributed by atoms with Crippen LogP contribution in [0.2, 0.25) is 0 Å². The summed E-state index contributed by atoms with van der Waals surface area (Å²) in [5, 5.41) is 2.92. The van der Waals surface area contributed by atoms with Gasteiger partial charge in [-0.15, -0.1) is 0 Å². The highest BCUT2D eigenvalue weighted by Gasteiger charge is 2.13. The largest absolute Gasteiger partial charge is 0.493 e. The number of benzene rings is 1. The lowest BCUT2D eigenvalue weighted by molar-refractivity contribution is -0.129. The van der Waals surface area contributed by atoms with Crippen LogP contribution in [-0.2, 0) is 16.0 Å². The highest BCUT2D eigenvalue weighted by molar-refractivity contribution is 5.78. The van der Waals surface area contributed by atoms with E-state index in [1.165, 1.54) is 6.92 Å². The normalized spacial score (nSPS) is 11.6. The molecule has 0 radical (unpaired) electrons. The van der Waals surface area contributed by atoms with Gasteiger partial charge in [0.15, 0.2) is 11.5 Å². The van der Waals surface area contributed by atoms with Crippen molar-refractivity contribution in [2.75, 3.05) is 27.3 Å². The van der Waals surface area contributed by atoms with Gasteiger partial charge in [-0.3, -0.25) is 9.59 Å². The molecular formula is C19H30N2O4. The Kier molecular flexibility index (Phi) is 8.81. The van der Waals surface area contributed by atoms with Crippen molar-refractivity contribution in [3.05, 3.63) is 23.8 Å². The van der Waals surface area contributed by atoms with Crippen molar-refractivity contribution in [1.82, 2.24) is 10.2 Å². The minimum Gasteiger partial charge on any atom is -0.493 e. The zero-order chi connectivity index (χ0) is 18.8. The summed E-state index contributed by atoms with van der Waals surface area (Å²) in [6.45, 7) is 6.50. The first-order valence-corrected chi connectivity index (χ1v) is 8.67. The molecule has 0 fully saturated rings. The van der Waals surface area contributed by atoms with Crippen LogP contribution in [0.3, 0.4) is 0 Å². The summed E-state index contributed by atoms with van der Waals surface area (Å²) in [6.07, 6.45) is 1.89. The summed E-state index contributed by atoms with van der Waals surface area (Å²) >= 11 is 0. The topological polar surface area (TPSA) is 67.9 Å². The molecule has 0 heterocycles. The summed E-state index contributed by atoms with van der Waals surface area (Å²) in [5.74, 6) is 1.29. The predicted molar refractivity (Wildman–Crippen MR) is 98.0 cm³/mol. The van der Waals surface area contributed by atoms with E-state index >= 15 is 0 Å². The van der Waals surface area contributed by atoms with E-state index < -0.39 is 0 Å². The van der Waals surface area contributed by atoms with E-state index in [2.05, 4.69) is 5.32 Å². The fourth-order valence-corrected chi connectivity index (χ4v) is 2.41. The molecule has 1 unspecified atom stereocenters. The van der Waals surface area contributed by atoms with Crippen LogP contribution in [0.15, 0.2) is 18.2 Å². The molecule has 0 saturated heterocycles. The van der Waals surface area contributed by atoms with Gasteiger partial charge >= 0.3 is 0 Å². The summed E-state index contributed by atoms with van der Waals surface area (Å²) in [6, 6.07) is 5.87. The van der Waals surface area contributed by atoms with Crippen LogP contribution in [0.5, 0.6) is 11.5 Å². The number of nitrogens with one attached hydrogen (secondary N) is 1. The zero-order valence-electron chi connectivity index (χ0n) is 15.9. The van der Waals surface area contributed by atoms with Crippen molar-refractivity contribution in [3.63, 3.8) is 0 Å². The molecule has 0 aliphatic carbocycles. The van der Waals surface area contributed by atoms with Crippen LogP contribution in [0.25, 0.3) is 0 Å². The Bertz CT molecular complexity index is 575. The Labute approximate surface area is 150 Å². The Morgan fingerprint density at radius 1 is 1.16 bits per heavy atom. The number of hydrogen-bond donors (Lipinski definition) is 1. The van der Waals surface area contributed by atoms with E-state index in [1.54, 1.807) is 19.1 Å². The van der Waals surface area contributed by atoms with Gasteiger partial charge < -0.3 is 19.7 Å². The number of rotatable bonds is 10. The third kappa shape index (κ3) is 7.03. The molecule has 1 aromatic rings. The number of ether oxygens (including phenoxy) is 2. The fraction of sp³-hybridized carbons (Fsp3) is 0.579. The third-order valence-electron chi connectivity index (χ3n) is 4.19. The first kappa shape index (κ1) is 20.8. The van der Waals surface area contributed by atoms with Gasteiger partial charge in [0, 0.05) is 32.5 Å². The van der Waals surface area contributed by atoms with E-state index in [0.717, 1.165) is 12.0 Å². The van der Waals surface area contributed by atoms with Crippen molar-refractivity contribution in [1.29, 1.82) is 0 Å². The lowest BCUT2D eigenvalue weighted by Crippen LogP contribution is -2.37. The second kappa shape index (κ2) is 10.6. The first-order chi connectivity index (χ1) is 11.9. The van der Waals surface area contributed by atoms with Gasteiger partial charge in [0.05, 0.1) is 14.2 Å². The van der Waals surface area contributed by atoms with Gasteiger partial charge in [-0.05, 0) is 37.5 Å². The standard InChI is InChI=1S/C19H30N2O4/c1-6-14(2)20-19(23)10-12-21(15(3)22)11-9-16-7-8-17(24-4)18(13-16)25-5/h7-8,13-14H,6,9-12H2,1-5H3,(H,20,23). The molecule has 6 nitrogen and oxygen atoms in total. The second-order valence-electron chi connectivity index (χ2n) is 6.07. The molecule has 1 rings (SSSR count). The Balaban J connectivity index is 2.58. The molecule has 2 amide bonds. The minimum absolute atomic E-state index is 0.0216. The molecular weight excluding hydrogens is 320 g/mol. The molecule has 1 aromatic carbocycles.